The fourth-order valence-corrected chi connectivity index (χ4v) is 3.02. The van der Waals surface area contributed by atoms with Crippen molar-refractivity contribution < 1.29 is 19.2 Å². The van der Waals surface area contributed by atoms with Gasteiger partial charge in [0.05, 0.1) is 40.2 Å². The zero-order valence-electron chi connectivity index (χ0n) is 16.5. The molecule has 2 aromatic carbocycles. The summed E-state index contributed by atoms with van der Waals surface area (Å²) in [7, 11) is 1.55. The molecule has 156 valence electrons. The molecule has 0 fully saturated rings. The molecule has 0 spiro atoms. The molecular weight excluding hydrogens is 456 g/mol. The van der Waals surface area contributed by atoms with E-state index in [0.29, 0.717) is 11.5 Å². The average molecular weight is 475 g/mol. The van der Waals surface area contributed by atoms with Gasteiger partial charge in [-0.05, 0) is 54.0 Å². The van der Waals surface area contributed by atoms with Crippen molar-refractivity contribution in [1.29, 1.82) is 0 Å². The number of non-ortho nitro benzene ring substituents is 1. The first-order valence-corrected chi connectivity index (χ1v) is 9.69. The van der Waals surface area contributed by atoms with Crippen molar-refractivity contribution in [3.05, 3.63) is 68.9 Å². The predicted octanol–water partition coefficient (Wildman–Crippen LogP) is 4.86. The Hall–Kier alpha value is -3.40. The number of nitro benzene ring substituents is 1. The van der Waals surface area contributed by atoms with Crippen LogP contribution in [0.2, 0.25) is 0 Å². The molecule has 3 aromatic rings. The van der Waals surface area contributed by atoms with E-state index in [1.54, 1.807) is 49.2 Å². The lowest BCUT2D eigenvalue weighted by Gasteiger charge is -2.15. The van der Waals surface area contributed by atoms with E-state index in [2.05, 4.69) is 26.3 Å². The Kier molecular flexibility index (Phi) is 6.36. The maximum atomic E-state index is 12.7. The summed E-state index contributed by atoms with van der Waals surface area (Å²) < 4.78 is 13.2. The fraction of sp³-hybridized carbons (Fsp3) is 0.200. The first-order valence-electron chi connectivity index (χ1n) is 8.90. The Labute approximate surface area is 180 Å². The third kappa shape index (κ3) is 4.77. The van der Waals surface area contributed by atoms with Gasteiger partial charge >= 0.3 is 0 Å². The standard InChI is InChI=1S/C20H19BrN4O5/c1-12-19(21)11-22-24(12)13(2)20(26)23-14-8-15(25(27)28)10-18(9-14)30-17-6-4-16(29-3)5-7-17/h4-11,13H,1-3H3,(H,23,26). The largest absolute Gasteiger partial charge is 0.497 e. The second-order valence-electron chi connectivity index (χ2n) is 6.44. The number of benzene rings is 2. The minimum atomic E-state index is -0.624. The lowest BCUT2D eigenvalue weighted by Crippen LogP contribution is -2.25. The van der Waals surface area contributed by atoms with Gasteiger partial charge in [0.25, 0.3) is 5.69 Å². The van der Waals surface area contributed by atoms with E-state index in [1.807, 2.05) is 6.92 Å². The van der Waals surface area contributed by atoms with E-state index in [4.69, 9.17) is 9.47 Å². The Morgan fingerprint density at radius 1 is 1.20 bits per heavy atom. The predicted molar refractivity (Wildman–Crippen MR) is 114 cm³/mol. The molecule has 1 heterocycles. The number of amides is 1. The number of anilines is 1. The van der Waals surface area contributed by atoms with Crippen molar-refractivity contribution in [3.63, 3.8) is 0 Å². The van der Waals surface area contributed by atoms with Crippen LogP contribution < -0.4 is 14.8 Å². The quantitative estimate of drug-likeness (QED) is 0.386. The first kappa shape index (κ1) is 21.3. The molecular formula is C20H19BrN4O5. The third-order valence-corrected chi connectivity index (χ3v) is 5.17. The molecule has 1 unspecified atom stereocenters. The SMILES string of the molecule is COc1ccc(Oc2cc(NC(=O)C(C)n3ncc(Br)c3C)cc([N+](=O)[O-])c2)cc1. The minimum absolute atomic E-state index is 0.207. The van der Waals surface area contributed by atoms with Gasteiger partial charge in [0.1, 0.15) is 23.3 Å². The highest BCUT2D eigenvalue weighted by Gasteiger charge is 2.20. The van der Waals surface area contributed by atoms with E-state index in [9.17, 15) is 14.9 Å². The zero-order valence-corrected chi connectivity index (χ0v) is 18.0. The fourth-order valence-electron chi connectivity index (χ4n) is 2.75. The molecule has 3 rings (SSSR count). The van der Waals surface area contributed by atoms with Crippen LogP contribution in [0.3, 0.4) is 0 Å². The van der Waals surface area contributed by atoms with Gasteiger partial charge in [0, 0.05) is 12.1 Å². The van der Waals surface area contributed by atoms with Gasteiger partial charge in [-0.15, -0.1) is 0 Å². The Balaban J connectivity index is 1.83. The van der Waals surface area contributed by atoms with Crippen LogP contribution in [0.4, 0.5) is 11.4 Å². The molecule has 9 nitrogen and oxygen atoms in total. The van der Waals surface area contributed by atoms with Gasteiger partial charge in [0.2, 0.25) is 5.91 Å². The number of halogens is 1. The smallest absolute Gasteiger partial charge is 0.275 e. The minimum Gasteiger partial charge on any atom is -0.497 e. The number of aromatic nitrogens is 2. The maximum Gasteiger partial charge on any atom is 0.275 e. The molecule has 1 aromatic heterocycles. The lowest BCUT2D eigenvalue weighted by molar-refractivity contribution is -0.384. The Morgan fingerprint density at radius 2 is 1.87 bits per heavy atom. The van der Waals surface area contributed by atoms with Crippen molar-refractivity contribution >= 4 is 33.2 Å². The molecule has 0 aliphatic heterocycles. The molecule has 30 heavy (non-hydrogen) atoms. The van der Waals surface area contributed by atoms with Gasteiger partial charge in [-0.25, -0.2) is 0 Å². The van der Waals surface area contributed by atoms with Gasteiger partial charge in [-0.3, -0.25) is 19.6 Å². The van der Waals surface area contributed by atoms with Gasteiger partial charge in [0.15, 0.2) is 0 Å². The van der Waals surface area contributed by atoms with Crippen LogP contribution in [0, 0.1) is 17.0 Å². The van der Waals surface area contributed by atoms with E-state index in [-0.39, 0.29) is 23.0 Å². The first-order chi connectivity index (χ1) is 14.3. The summed E-state index contributed by atoms with van der Waals surface area (Å²) in [5.41, 5.74) is 0.829. The molecule has 0 saturated carbocycles. The van der Waals surface area contributed by atoms with Gasteiger partial charge < -0.3 is 14.8 Å². The zero-order chi connectivity index (χ0) is 21.8. The summed E-state index contributed by atoms with van der Waals surface area (Å²) in [6, 6.07) is 10.2. The van der Waals surface area contributed by atoms with Gasteiger partial charge in [-0.1, -0.05) is 0 Å². The highest BCUT2D eigenvalue weighted by atomic mass is 79.9. The van der Waals surface area contributed by atoms with Crippen molar-refractivity contribution in [2.24, 2.45) is 0 Å². The van der Waals surface area contributed by atoms with Crippen molar-refractivity contribution in [2.45, 2.75) is 19.9 Å². The summed E-state index contributed by atoms with van der Waals surface area (Å²) in [6.45, 7) is 3.52. The number of nitrogens with zero attached hydrogens (tertiary/aromatic N) is 3. The number of hydrogen-bond donors (Lipinski definition) is 1. The van der Waals surface area contributed by atoms with Crippen LogP contribution in [0.15, 0.2) is 53.1 Å². The monoisotopic (exact) mass is 474 g/mol. The van der Waals surface area contributed by atoms with Crippen LogP contribution in [0.25, 0.3) is 0 Å². The number of hydrogen-bond acceptors (Lipinski definition) is 6. The molecule has 1 atom stereocenters. The number of carbonyl (C=O) groups excluding carboxylic acids is 1. The normalized spacial score (nSPS) is 11.6. The summed E-state index contributed by atoms with van der Waals surface area (Å²) in [5.74, 6) is 0.975. The molecule has 1 amide bonds. The molecule has 0 aliphatic carbocycles. The van der Waals surface area contributed by atoms with E-state index in [0.717, 1.165) is 10.2 Å². The van der Waals surface area contributed by atoms with Crippen molar-refractivity contribution in [3.8, 4) is 17.2 Å². The molecule has 10 heteroatoms. The number of nitro groups is 1. The number of methoxy groups -OCH3 is 1. The third-order valence-electron chi connectivity index (χ3n) is 4.40. The maximum absolute atomic E-state index is 12.7. The van der Waals surface area contributed by atoms with E-state index in [1.165, 1.54) is 18.2 Å². The molecule has 1 N–H and O–H groups in total. The molecule has 0 aliphatic rings. The van der Waals surface area contributed by atoms with Crippen LogP contribution in [0.5, 0.6) is 17.2 Å². The lowest BCUT2D eigenvalue weighted by atomic mass is 10.2. The highest BCUT2D eigenvalue weighted by molar-refractivity contribution is 9.10. The van der Waals surface area contributed by atoms with Crippen LogP contribution in [-0.4, -0.2) is 27.7 Å². The number of ether oxygens (including phenoxy) is 2. The number of rotatable bonds is 7. The van der Waals surface area contributed by atoms with Crippen molar-refractivity contribution in [1.82, 2.24) is 9.78 Å². The summed E-state index contributed by atoms with van der Waals surface area (Å²) in [6.07, 6.45) is 1.60. The second kappa shape index (κ2) is 8.95. The van der Waals surface area contributed by atoms with E-state index >= 15 is 0 Å². The average Bonchev–Trinajstić information content (AvgIpc) is 3.06. The summed E-state index contributed by atoms with van der Waals surface area (Å²) in [4.78, 5) is 23.5. The molecule has 0 bridgehead atoms. The van der Waals surface area contributed by atoms with Crippen LogP contribution >= 0.6 is 15.9 Å². The topological polar surface area (TPSA) is 109 Å². The van der Waals surface area contributed by atoms with Crippen LogP contribution in [-0.2, 0) is 4.79 Å². The summed E-state index contributed by atoms with van der Waals surface area (Å²) in [5, 5.41) is 18.2. The second-order valence-corrected chi connectivity index (χ2v) is 7.29. The number of carbonyl (C=O) groups is 1. The molecule has 0 saturated heterocycles. The highest BCUT2D eigenvalue weighted by Crippen LogP contribution is 2.31. The summed E-state index contributed by atoms with van der Waals surface area (Å²) >= 11 is 3.36. The van der Waals surface area contributed by atoms with E-state index < -0.39 is 11.0 Å². The Bertz CT molecular complexity index is 1080. The molecule has 0 radical (unpaired) electrons. The number of nitrogens with one attached hydrogen (secondary N) is 1. The van der Waals surface area contributed by atoms with Gasteiger partial charge in [-0.2, -0.15) is 5.10 Å². The van der Waals surface area contributed by atoms with Crippen LogP contribution in [0.1, 0.15) is 18.7 Å². The van der Waals surface area contributed by atoms with Crippen molar-refractivity contribution in [2.75, 3.05) is 12.4 Å². The Morgan fingerprint density at radius 3 is 2.43 bits per heavy atom.